The number of rotatable bonds is 7. The first kappa shape index (κ1) is 15.5. The summed E-state index contributed by atoms with van der Waals surface area (Å²) < 4.78 is 0.785. The van der Waals surface area contributed by atoms with E-state index in [2.05, 4.69) is 24.8 Å². The van der Waals surface area contributed by atoms with Gasteiger partial charge in [0.1, 0.15) is 0 Å². The highest BCUT2D eigenvalue weighted by atomic mass is 35.5. The number of thiophene rings is 1. The van der Waals surface area contributed by atoms with E-state index in [1.165, 1.54) is 4.88 Å². The molecule has 1 unspecified atom stereocenters. The van der Waals surface area contributed by atoms with Crippen molar-refractivity contribution in [1.29, 1.82) is 5.26 Å². The molecule has 0 spiro atoms. The molecule has 3 nitrogen and oxygen atoms in total. The zero-order valence-electron chi connectivity index (χ0n) is 10.9. The molecule has 1 rings (SSSR count). The summed E-state index contributed by atoms with van der Waals surface area (Å²) in [5.74, 6) is 0.549. The van der Waals surface area contributed by atoms with Crippen LogP contribution in [0.25, 0.3) is 0 Å². The van der Waals surface area contributed by atoms with Crippen molar-refractivity contribution in [1.82, 2.24) is 4.90 Å². The van der Waals surface area contributed by atoms with Gasteiger partial charge in [-0.3, -0.25) is 4.90 Å². The third-order valence-electron chi connectivity index (χ3n) is 2.70. The van der Waals surface area contributed by atoms with Crippen molar-refractivity contribution in [2.24, 2.45) is 11.7 Å². The van der Waals surface area contributed by atoms with Gasteiger partial charge in [-0.2, -0.15) is 5.26 Å². The molecule has 0 saturated heterocycles. The molecular formula is C13H20ClN3S. The molecule has 0 aliphatic rings. The first-order valence-electron chi connectivity index (χ1n) is 6.14. The smallest absolute Gasteiger partial charge is 0.0931 e. The third kappa shape index (κ3) is 4.58. The van der Waals surface area contributed by atoms with E-state index in [4.69, 9.17) is 22.6 Å². The van der Waals surface area contributed by atoms with Crippen molar-refractivity contribution >= 4 is 22.9 Å². The van der Waals surface area contributed by atoms with E-state index in [0.29, 0.717) is 18.9 Å². The number of hydrogen-bond acceptors (Lipinski definition) is 4. The number of nitriles is 1. The third-order valence-corrected chi connectivity index (χ3v) is 4.03. The molecule has 18 heavy (non-hydrogen) atoms. The van der Waals surface area contributed by atoms with Crippen LogP contribution < -0.4 is 5.73 Å². The van der Waals surface area contributed by atoms with E-state index < -0.39 is 0 Å². The number of halogens is 1. The molecule has 1 heterocycles. The van der Waals surface area contributed by atoms with Crippen LogP contribution in [-0.2, 0) is 0 Å². The number of nitrogens with two attached hydrogens (primary N) is 1. The maximum atomic E-state index is 8.75. The Bertz CT molecular complexity index is 397. The highest BCUT2D eigenvalue weighted by Gasteiger charge is 2.21. The van der Waals surface area contributed by atoms with E-state index in [-0.39, 0.29) is 6.04 Å². The van der Waals surface area contributed by atoms with Gasteiger partial charge in [0, 0.05) is 30.9 Å². The summed E-state index contributed by atoms with van der Waals surface area (Å²) in [5, 5.41) is 8.75. The van der Waals surface area contributed by atoms with Crippen LogP contribution in [0.3, 0.4) is 0 Å². The monoisotopic (exact) mass is 285 g/mol. The highest BCUT2D eigenvalue weighted by molar-refractivity contribution is 7.16. The van der Waals surface area contributed by atoms with Gasteiger partial charge in [-0.1, -0.05) is 25.4 Å². The fourth-order valence-corrected chi connectivity index (χ4v) is 3.20. The fourth-order valence-electron chi connectivity index (χ4n) is 1.99. The molecule has 5 heteroatoms. The maximum absolute atomic E-state index is 8.75. The second-order valence-electron chi connectivity index (χ2n) is 4.69. The lowest BCUT2D eigenvalue weighted by molar-refractivity contribution is 0.186. The lowest BCUT2D eigenvalue weighted by Gasteiger charge is -2.31. The lowest BCUT2D eigenvalue weighted by Crippen LogP contribution is -2.36. The molecule has 1 aromatic heterocycles. The SMILES string of the molecule is CC(C)CN(CCC#N)C(CN)c1ccc(Cl)s1. The summed E-state index contributed by atoms with van der Waals surface area (Å²) in [7, 11) is 0. The van der Waals surface area contributed by atoms with Gasteiger partial charge in [0.2, 0.25) is 0 Å². The standard InChI is InChI=1S/C13H20ClN3S/c1-10(2)9-17(7-3-6-15)11(8-16)12-4-5-13(14)18-12/h4-5,10-11H,3,7-9,16H2,1-2H3. The largest absolute Gasteiger partial charge is 0.329 e. The molecule has 0 aliphatic carbocycles. The molecule has 1 atom stereocenters. The summed E-state index contributed by atoms with van der Waals surface area (Å²) in [5.41, 5.74) is 5.90. The summed E-state index contributed by atoms with van der Waals surface area (Å²) in [4.78, 5) is 3.47. The normalized spacial score (nSPS) is 12.9. The van der Waals surface area contributed by atoms with Gasteiger partial charge in [-0.25, -0.2) is 0 Å². The molecule has 0 radical (unpaired) electrons. The molecule has 0 saturated carbocycles. The van der Waals surface area contributed by atoms with Crippen LogP contribution in [0.4, 0.5) is 0 Å². The van der Waals surface area contributed by atoms with Crippen LogP contribution in [0.1, 0.15) is 31.2 Å². The van der Waals surface area contributed by atoms with Crippen LogP contribution in [0, 0.1) is 17.2 Å². The fraction of sp³-hybridized carbons (Fsp3) is 0.615. The molecular weight excluding hydrogens is 266 g/mol. The molecule has 100 valence electrons. The van der Waals surface area contributed by atoms with E-state index >= 15 is 0 Å². The summed E-state index contributed by atoms with van der Waals surface area (Å²) in [6.45, 7) is 6.60. The van der Waals surface area contributed by atoms with Crippen LogP contribution in [0.5, 0.6) is 0 Å². The minimum atomic E-state index is 0.165. The second-order valence-corrected chi connectivity index (χ2v) is 6.44. The van der Waals surface area contributed by atoms with Crippen LogP contribution in [0.2, 0.25) is 4.34 Å². The molecule has 0 aromatic carbocycles. The van der Waals surface area contributed by atoms with Crippen molar-refractivity contribution in [3.8, 4) is 6.07 Å². The summed E-state index contributed by atoms with van der Waals surface area (Å²) >= 11 is 7.55. The van der Waals surface area contributed by atoms with Gasteiger partial charge < -0.3 is 5.73 Å². The maximum Gasteiger partial charge on any atom is 0.0931 e. The molecule has 0 aliphatic heterocycles. The minimum Gasteiger partial charge on any atom is -0.329 e. The molecule has 2 N–H and O–H groups in total. The predicted molar refractivity (Wildman–Crippen MR) is 77.8 cm³/mol. The first-order chi connectivity index (χ1) is 8.58. The van der Waals surface area contributed by atoms with Gasteiger partial charge in [0.05, 0.1) is 16.4 Å². The van der Waals surface area contributed by atoms with Crippen molar-refractivity contribution in [2.75, 3.05) is 19.6 Å². The predicted octanol–water partition coefficient (Wildman–Crippen LogP) is 3.27. The zero-order chi connectivity index (χ0) is 13.5. The molecule has 0 fully saturated rings. The van der Waals surface area contributed by atoms with Crippen LogP contribution >= 0.6 is 22.9 Å². The molecule has 1 aromatic rings. The Morgan fingerprint density at radius 1 is 1.50 bits per heavy atom. The second kappa shape index (κ2) is 7.75. The summed E-state index contributed by atoms with van der Waals surface area (Å²) in [6.07, 6.45) is 0.530. The van der Waals surface area contributed by atoms with Gasteiger partial charge in [0.25, 0.3) is 0 Å². The Labute approximate surface area is 118 Å². The van der Waals surface area contributed by atoms with E-state index in [9.17, 15) is 0 Å². The summed E-state index contributed by atoms with van der Waals surface area (Å²) in [6, 6.07) is 6.30. The van der Waals surface area contributed by atoms with Gasteiger partial charge >= 0.3 is 0 Å². The number of hydrogen-bond donors (Lipinski definition) is 1. The van der Waals surface area contributed by atoms with Crippen molar-refractivity contribution in [3.05, 3.63) is 21.3 Å². The topological polar surface area (TPSA) is 53.0 Å². The van der Waals surface area contributed by atoms with Gasteiger partial charge in [-0.05, 0) is 18.1 Å². The Balaban J connectivity index is 2.82. The van der Waals surface area contributed by atoms with Gasteiger partial charge in [0.15, 0.2) is 0 Å². The van der Waals surface area contributed by atoms with Crippen molar-refractivity contribution in [2.45, 2.75) is 26.3 Å². The van der Waals surface area contributed by atoms with E-state index in [1.54, 1.807) is 11.3 Å². The van der Waals surface area contributed by atoms with Crippen LogP contribution in [-0.4, -0.2) is 24.5 Å². The van der Waals surface area contributed by atoms with Gasteiger partial charge in [-0.15, -0.1) is 11.3 Å². The number of nitrogens with zero attached hydrogens (tertiary/aromatic N) is 2. The zero-order valence-corrected chi connectivity index (χ0v) is 12.5. The molecule has 0 amide bonds. The van der Waals surface area contributed by atoms with E-state index in [0.717, 1.165) is 17.4 Å². The van der Waals surface area contributed by atoms with Crippen LogP contribution in [0.15, 0.2) is 12.1 Å². The lowest BCUT2D eigenvalue weighted by atomic mass is 10.1. The van der Waals surface area contributed by atoms with Crippen molar-refractivity contribution in [3.63, 3.8) is 0 Å². The molecule has 0 bridgehead atoms. The quantitative estimate of drug-likeness (QED) is 0.836. The van der Waals surface area contributed by atoms with Crippen molar-refractivity contribution < 1.29 is 0 Å². The Morgan fingerprint density at radius 2 is 2.22 bits per heavy atom. The Hall–Kier alpha value is -0.600. The Kier molecular flexibility index (Phi) is 6.66. The first-order valence-corrected chi connectivity index (χ1v) is 7.34. The van der Waals surface area contributed by atoms with E-state index in [1.807, 2.05) is 12.1 Å². The average Bonchev–Trinajstić information content (AvgIpc) is 2.72. The Morgan fingerprint density at radius 3 is 2.67 bits per heavy atom. The minimum absolute atomic E-state index is 0.165. The average molecular weight is 286 g/mol. The highest BCUT2D eigenvalue weighted by Crippen LogP contribution is 2.30.